The van der Waals surface area contributed by atoms with E-state index in [0.29, 0.717) is 0 Å². The molecule has 106 valence electrons. The van der Waals surface area contributed by atoms with Crippen molar-refractivity contribution in [1.29, 1.82) is 0 Å². The molecule has 0 spiro atoms. The van der Waals surface area contributed by atoms with Gasteiger partial charge in [-0.05, 0) is 11.6 Å². The lowest BCUT2D eigenvalue weighted by Gasteiger charge is -2.35. The van der Waals surface area contributed by atoms with Crippen LogP contribution < -0.4 is 0 Å². The van der Waals surface area contributed by atoms with E-state index in [9.17, 15) is 0 Å². The lowest BCUT2D eigenvalue weighted by atomic mass is 10.0. The molecule has 4 heteroatoms. The first kappa shape index (κ1) is 12.4. The van der Waals surface area contributed by atoms with Gasteiger partial charge in [0.05, 0.1) is 13.2 Å². The molecule has 0 aromatic heterocycles. The quantitative estimate of drug-likeness (QED) is 0.790. The average molecular weight is 279 g/mol. The van der Waals surface area contributed by atoms with Gasteiger partial charge in [-0.25, -0.2) is 4.99 Å². The van der Waals surface area contributed by atoms with Crippen LogP contribution in [0.15, 0.2) is 59.6 Å². The van der Waals surface area contributed by atoms with E-state index in [1.54, 1.807) is 0 Å². The summed E-state index contributed by atoms with van der Waals surface area (Å²) >= 11 is 0. The minimum absolute atomic E-state index is 0.759. The molecule has 21 heavy (non-hydrogen) atoms. The maximum absolute atomic E-state index is 5.42. The Morgan fingerprint density at radius 1 is 1.14 bits per heavy atom. The fourth-order valence-corrected chi connectivity index (χ4v) is 2.86. The Morgan fingerprint density at radius 3 is 2.81 bits per heavy atom. The summed E-state index contributed by atoms with van der Waals surface area (Å²) in [5.41, 5.74) is 3.30. The fourth-order valence-electron chi connectivity index (χ4n) is 2.86. The van der Waals surface area contributed by atoms with Crippen molar-refractivity contribution < 1.29 is 4.74 Å². The van der Waals surface area contributed by atoms with Gasteiger partial charge < -0.3 is 14.5 Å². The molecule has 0 saturated carbocycles. The molecule has 1 fully saturated rings. The topological polar surface area (TPSA) is 28.1 Å². The number of aliphatic imine (C=N–C) groups is 1. The highest BCUT2D eigenvalue weighted by Gasteiger charge is 2.26. The normalized spacial score (nSPS) is 20.7. The Labute approximate surface area is 124 Å². The predicted molar refractivity (Wildman–Crippen MR) is 83.5 cm³/mol. The van der Waals surface area contributed by atoms with Gasteiger partial charge in [-0.1, -0.05) is 30.8 Å². The van der Waals surface area contributed by atoms with E-state index in [-0.39, 0.29) is 0 Å². The zero-order valence-electron chi connectivity index (χ0n) is 11.8. The Balaban J connectivity index is 1.76. The number of ether oxygens (including phenoxy) is 1. The molecule has 0 atom stereocenters. The maximum Gasteiger partial charge on any atom is 0.147 e. The highest BCUT2D eigenvalue weighted by Crippen LogP contribution is 2.29. The SMILES string of the molecule is C=C1C=C(N2CCOCC2)N=C2c3ccccc3C=CN12. The van der Waals surface area contributed by atoms with Gasteiger partial charge >= 0.3 is 0 Å². The molecule has 3 heterocycles. The number of amidine groups is 1. The van der Waals surface area contributed by atoms with Crippen molar-refractivity contribution in [2.24, 2.45) is 4.99 Å². The van der Waals surface area contributed by atoms with Crippen LogP contribution in [0, 0.1) is 0 Å². The van der Waals surface area contributed by atoms with Crippen LogP contribution in [0.2, 0.25) is 0 Å². The Kier molecular flexibility index (Phi) is 2.89. The standard InChI is InChI=1S/C17H17N3O/c1-13-12-16(19-8-10-21-11-9-19)18-17-15-5-3-2-4-14(15)6-7-20(13)17/h2-7,12H,1,8-11H2. The van der Waals surface area contributed by atoms with Crippen LogP contribution in [0.3, 0.4) is 0 Å². The second kappa shape index (κ2) is 4.90. The van der Waals surface area contributed by atoms with Crippen molar-refractivity contribution in [3.8, 4) is 0 Å². The van der Waals surface area contributed by atoms with E-state index in [1.165, 1.54) is 5.56 Å². The molecule has 0 N–H and O–H groups in total. The van der Waals surface area contributed by atoms with Crippen LogP contribution in [0.5, 0.6) is 0 Å². The largest absolute Gasteiger partial charge is 0.378 e. The highest BCUT2D eigenvalue weighted by molar-refractivity contribution is 6.06. The van der Waals surface area contributed by atoms with Crippen LogP contribution in [0.4, 0.5) is 0 Å². The van der Waals surface area contributed by atoms with Crippen molar-refractivity contribution >= 4 is 11.9 Å². The summed E-state index contributed by atoms with van der Waals surface area (Å²) in [5.74, 6) is 1.95. The number of fused-ring (bicyclic) bond motifs is 3. The van der Waals surface area contributed by atoms with Crippen LogP contribution in [-0.4, -0.2) is 41.9 Å². The van der Waals surface area contributed by atoms with E-state index in [1.807, 2.05) is 23.2 Å². The molecule has 4 nitrogen and oxygen atoms in total. The van der Waals surface area contributed by atoms with Crippen molar-refractivity contribution in [3.63, 3.8) is 0 Å². The summed E-state index contributed by atoms with van der Waals surface area (Å²) in [6, 6.07) is 8.32. The smallest absolute Gasteiger partial charge is 0.147 e. The molecule has 0 unspecified atom stereocenters. The molecule has 3 aliphatic heterocycles. The van der Waals surface area contributed by atoms with Crippen LogP contribution in [-0.2, 0) is 4.74 Å². The molecule has 1 aromatic carbocycles. The van der Waals surface area contributed by atoms with Gasteiger partial charge in [0.2, 0.25) is 0 Å². The predicted octanol–water partition coefficient (Wildman–Crippen LogP) is 2.42. The zero-order valence-corrected chi connectivity index (χ0v) is 11.8. The summed E-state index contributed by atoms with van der Waals surface area (Å²) in [7, 11) is 0. The molecular formula is C17H17N3O. The van der Waals surface area contributed by atoms with E-state index in [2.05, 4.69) is 35.8 Å². The fraction of sp³-hybridized carbons (Fsp3) is 0.235. The van der Waals surface area contributed by atoms with Gasteiger partial charge in [-0.2, -0.15) is 0 Å². The third-order valence-electron chi connectivity index (χ3n) is 3.99. The average Bonchev–Trinajstić information content (AvgIpc) is 2.55. The number of hydrogen-bond acceptors (Lipinski definition) is 4. The molecule has 1 aromatic rings. The number of hydrogen-bond donors (Lipinski definition) is 0. The maximum atomic E-state index is 5.42. The Bertz CT molecular complexity index is 681. The molecule has 0 radical (unpaired) electrons. The van der Waals surface area contributed by atoms with E-state index in [0.717, 1.165) is 49.2 Å². The monoisotopic (exact) mass is 279 g/mol. The molecule has 0 amide bonds. The lowest BCUT2D eigenvalue weighted by molar-refractivity contribution is 0.0529. The number of rotatable bonds is 1. The minimum atomic E-state index is 0.759. The second-order valence-corrected chi connectivity index (χ2v) is 5.30. The summed E-state index contributed by atoms with van der Waals surface area (Å²) < 4.78 is 5.42. The molecule has 4 rings (SSSR count). The summed E-state index contributed by atoms with van der Waals surface area (Å²) in [5, 5.41) is 0. The third-order valence-corrected chi connectivity index (χ3v) is 3.99. The first-order valence-electron chi connectivity index (χ1n) is 7.22. The number of allylic oxidation sites excluding steroid dienone is 1. The second-order valence-electron chi connectivity index (χ2n) is 5.30. The summed E-state index contributed by atoms with van der Waals surface area (Å²) in [4.78, 5) is 9.19. The van der Waals surface area contributed by atoms with Gasteiger partial charge in [0.1, 0.15) is 11.7 Å². The van der Waals surface area contributed by atoms with E-state index in [4.69, 9.17) is 9.73 Å². The van der Waals surface area contributed by atoms with Crippen LogP contribution in [0.1, 0.15) is 11.1 Å². The van der Waals surface area contributed by atoms with Gasteiger partial charge in [-0.15, -0.1) is 0 Å². The summed E-state index contributed by atoms with van der Waals surface area (Å²) in [6.07, 6.45) is 6.19. The van der Waals surface area contributed by atoms with Crippen molar-refractivity contribution in [3.05, 3.63) is 65.8 Å². The summed E-state index contributed by atoms with van der Waals surface area (Å²) in [6.45, 7) is 7.46. The van der Waals surface area contributed by atoms with Crippen LogP contribution >= 0.6 is 0 Å². The van der Waals surface area contributed by atoms with Gasteiger partial charge in [0, 0.05) is 36.6 Å². The first-order valence-corrected chi connectivity index (χ1v) is 7.22. The molecule has 0 aliphatic carbocycles. The molecule has 0 bridgehead atoms. The lowest BCUT2D eigenvalue weighted by Crippen LogP contribution is -2.38. The minimum Gasteiger partial charge on any atom is -0.378 e. The third kappa shape index (κ3) is 2.08. The number of benzene rings is 1. The zero-order chi connectivity index (χ0) is 14.2. The molecule has 1 saturated heterocycles. The number of morpholine rings is 1. The van der Waals surface area contributed by atoms with Gasteiger partial charge in [0.15, 0.2) is 0 Å². The first-order chi connectivity index (χ1) is 10.3. The highest BCUT2D eigenvalue weighted by atomic mass is 16.5. The Hall–Kier alpha value is -2.33. The van der Waals surface area contributed by atoms with Crippen LogP contribution in [0.25, 0.3) is 6.08 Å². The number of nitrogens with zero attached hydrogens (tertiary/aromatic N) is 3. The molecule has 3 aliphatic rings. The van der Waals surface area contributed by atoms with E-state index < -0.39 is 0 Å². The van der Waals surface area contributed by atoms with E-state index >= 15 is 0 Å². The Morgan fingerprint density at radius 2 is 1.95 bits per heavy atom. The van der Waals surface area contributed by atoms with Crippen molar-refractivity contribution in [2.75, 3.05) is 26.3 Å². The van der Waals surface area contributed by atoms with Gasteiger partial charge in [-0.3, -0.25) is 0 Å². The van der Waals surface area contributed by atoms with Gasteiger partial charge in [0.25, 0.3) is 0 Å². The van der Waals surface area contributed by atoms with Crippen molar-refractivity contribution in [2.45, 2.75) is 0 Å². The molecular weight excluding hydrogens is 262 g/mol. The van der Waals surface area contributed by atoms with Crippen molar-refractivity contribution in [1.82, 2.24) is 9.80 Å².